The van der Waals surface area contributed by atoms with Crippen LogP contribution < -0.4 is 10.5 Å². The van der Waals surface area contributed by atoms with Gasteiger partial charge in [-0.25, -0.2) is 0 Å². The summed E-state index contributed by atoms with van der Waals surface area (Å²) in [7, 11) is 0. The maximum absolute atomic E-state index is 5.71. The largest absolute Gasteiger partial charge is 0.493 e. The smallest absolute Gasteiger partial charge is 0.119 e. The minimum absolute atomic E-state index is 0.569. The highest BCUT2D eigenvalue weighted by Gasteiger charge is 2.00. The molecule has 0 bridgehead atoms. The van der Waals surface area contributed by atoms with Gasteiger partial charge in [0.25, 0.3) is 0 Å². The van der Waals surface area contributed by atoms with Crippen molar-refractivity contribution in [3.63, 3.8) is 0 Å². The number of ether oxygens (including phenoxy) is 1. The van der Waals surface area contributed by atoms with E-state index < -0.39 is 0 Å². The first kappa shape index (κ1) is 12.6. The predicted octanol–water partition coefficient (Wildman–Crippen LogP) is 2.47. The molecule has 0 unspecified atom stereocenters. The summed E-state index contributed by atoms with van der Waals surface area (Å²) in [5, 5.41) is 0. The van der Waals surface area contributed by atoms with Gasteiger partial charge in [-0.2, -0.15) is 0 Å². The molecular formula is C15H18N2O. The molecule has 0 spiro atoms. The second kappa shape index (κ2) is 6.17. The van der Waals surface area contributed by atoms with Crippen molar-refractivity contribution in [2.75, 3.05) is 6.61 Å². The van der Waals surface area contributed by atoms with Crippen molar-refractivity contribution >= 4 is 0 Å². The van der Waals surface area contributed by atoms with Gasteiger partial charge < -0.3 is 10.5 Å². The maximum atomic E-state index is 5.71. The molecule has 1 heterocycles. The SMILES string of the molecule is Cc1cc(OCCc2ccccn2)ccc1CN. The van der Waals surface area contributed by atoms with Gasteiger partial charge in [-0.1, -0.05) is 12.1 Å². The van der Waals surface area contributed by atoms with Gasteiger partial charge in [0.15, 0.2) is 0 Å². The first-order valence-electron chi connectivity index (χ1n) is 6.12. The summed E-state index contributed by atoms with van der Waals surface area (Å²) < 4.78 is 5.71. The molecule has 1 aromatic heterocycles. The molecule has 0 fully saturated rings. The standard InChI is InChI=1S/C15H18N2O/c1-12-10-15(6-5-13(12)11-16)18-9-7-14-4-2-3-8-17-14/h2-6,8,10H,7,9,11,16H2,1H3. The van der Waals surface area contributed by atoms with Crippen molar-refractivity contribution in [3.8, 4) is 5.75 Å². The Kier molecular flexibility index (Phi) is 4.31. The fourth-order valence-corrected chi connectivity index (χ4v) is 1.81. The van der Waals surface area contributed by atoms with Gasteiger partial charge in [0.2, 0.25) is 0 Å². The molecule has 2 rings (SSSR count). The Balaban J connectivity index is 1.89. The molecule has 0 saturated carbocycles. The molecule has 94 valence electrons. The monoisotopic (exact) mass is 242 g/mol. The lowest BCUT2D eigenvalue weighted by Gasteiger charge is -2.09. The van der Waals surface area contributed by atoms with Crippen molar-refractivity contribution in [2.24, 2.45) is 5.73 Å². The molecule has 0 aliphatic carbocycles. The van der Waals surface area contributed by atoms with Gasteiger partial charge in [0.1, 0.15) is 5.75 Å². The summed E-state index contributed by atoms with van der Waals surface area (Å²) in [5.74, 6) is 0.889. The quantitative estimate of drug-likeness (QED) is 0.876. The average molecular weight is 242 g/mol. The number of pyridine rings is 1. The van der Waals surface area contributed by atoms with E-state index in [4.69, 9.17) is 10.5 Å². The third-order valence-electron chi connectivity index (χ3n) is 2.89. The van der Waals surface area contributed by atoms with Gasteiger partial charge in [-0.15, -0.1) is 0 Å². The minimum atomic E-state index is 0.569. The Morgan fingerprint density at radius 1 is 1.22 bits per heavy atom. The van der Waals surface area contributed by atoms with E-state index in [-0.39, 0.29) is 0 Å². The van der Waals surface area contributed by atoms with E-state index >= 15 is 0 Å². The zero-order valence-corrected chi connectivity index (χ0v) is 10.6. The van der Waals surface area contributed by atoms with Crippen molar-refractivity contribution < 1.29 is 4.74 Å². The van der Waals surface area contributed by atoms with Crippen molar-refractivity contribution in [3.05, 3.63) is 59.4 Å². The van der Waals surface area contributed by atoms with E-state index in [2.05, 4.69) is 4.98 Å². The molecule has 18 heavy (non-hydrogen) atoms. The van der Waals surface area contributed by atoms with Crippen LogP contribution in [0.2, 0.25) is 0 Å². The van der Waals surface area contributed by atoms with Crippen LogP contribution in [0, 0.1) is 6.92 Å². The number of aryl methyl sites for hydroxylation is 1. The van der Waals surface area contributed by atoms with Gasteiger partial charge in [0, 0.05) is 24.9 Å². The fraction of sp³-hybridized carbons (Fsp3) is 0.267. The van der Waals surface area contributed by atoms with Gasteiger partial charge >= 0.3 is 0 Å². The minimum Gasteiger partial charge on any atom is -0.493 e. The molecule has 2 N–H and O–H groups in total. The highest BCUT2D eigenvalue weighted by molar-refractivity contribution is 5.34. The van der Waals surface area contributed by atoms with Crippen LogP contribution in [0.4, 0.5) is 0 Å². The van der Waals surface area contributed by atoms with Gasteiger partial charge in [-0.3, -0.25) is 4.98 Å². The summed E-state index contributed by atoms with van der Waals surface area (Å²) in [6.45, 7) is 3.26. The lowest BCUT2D eigenvalue weighted by atomic mass is 10.1. The van der Waals surface area contributed by atoms with E-state index in [1.54, 1.807) is 6.20 Å². The second-order valence-corrected chi connectivity index (χ2v) is 4.21. The number of benzene rings is 1. The number of aromatic nitrogens is 1. The fourth-order valence-electron chi connectivity index (χ4n) is 1.81. The lowest BCUT2D eigenvalue weighted by Crippen LogP contribution is -2.04. The van der Waals surface area contributed by atoms with E-state index in [1.807, 2.05) is 43.3 Å². The first-order valence-corrected chi connectivity index (χ1v) is 6.12. The number of hydrogen-bond donors (Lipinski definition) is 1. The van der Waals surface area contributed by atoms with Crippen LogP contribution in [0.1, 0.15) is 16.8 Å². The Hall–Kier alpha value is -1.87. The maximum Gasteiger partial charge on any atom is 0.119 e. The molecule has 0 saturated heterocycles. The van der Waals surface area contributed by atoms with E-state index in [0.717, 1.165) is 23.4 Å². The van der Waals surface area contributed by atoms with Crippen molar-refractivity contribution in [2.45, 2.75) is 19.9 Å². The zero-order chi connectivity index (χ0) is 12.8. The third kappa shape index (κ3) is 3.31. The molecule has 0 aliphatic heterocycles. The number of hydrogen-bond acceptors (Lipinski definition) is 3. The van der Waals surface area contributed by atoms with Gasteiger partial charge in [0.05, 0.1) is 6.61 Å². The summed E-state index contributed by atoms with van der Waals surface area (Å²) in [6, 6.07) is 11.9. The molecule has 0 amide bonds. The Morgan fingerprint density at radius 3 is 2.78 bits per heavy atom. The van der Waals surface area contributed by atoms with E-state index in [1.165, 1.54) is 5.56 Å². The summed E-state index contributed by atoms with van der Waals surface area (Å²) in [4.78, 5) is 4.26. The molecule has 2 aromatic rings. The van der Waals surface area contributed by atoms with Crippen LogP contribution >= 0.6 is 0 Å². The molecular weight excluding hydrogens is 224 g/mol. The normalized spacial score (nSPS) is 10.3. The van der Waals surface area contributed by atoms with E-state index in [9.17, 15) is 0 Å². The summed E-state index contributed by atoms with van der Waals surface area (Å²) in [6.07, 6.45) is 2.62. The zero-order valence-electron chi connectivity index (χ0n) is 10.6. The van der Waals surface area contributed by atoms with Crippen LogP contribution in [0.3, 0.4) is 0 Å². The van der Waals surface area contributed by atoms with Crippen LogP contribution in [-0.4, -0.2) is 11.6 Å². The van der Waals surface area contributed by atoms with Crippen LogP contribution in [0.15, 0.2) is 42.6 Å². The number of nitrogens with two attached hydrogens (primary N) is 1. The lowest BCUT2D eigenvalue weighted by molar-refractivity contribution is 0.320. The van der Waals surface area contributed by atoms with E-state index in [0.29, 0.717) is 13.2 Å². The first-order chi connectivity index (χ1) is 8.79. The highest BCUT2D eigenvalue weighted by Crippen LogP contribution is 2.17. The van der Waals surface area contributed by atoms with Crippen LogP contribution in [0.25, 0.3) is 0 Å². The summed E-state index contributed by atoms with van der Waals surface area (Å²) >= 11 is 0. The van der Waals surface area contributed by atoms with Crippen LogP contribution in [-0.2, 0) is 13.0 Å². The topological polar surface area (TPSA) is 48.1 Å². The molecule has 1 aromatic carbocycles. The average Bonchev–Trinajstić information content (AvgIpc) is 2.40. The molecule has 3 nitrogen and oxygen atoms in total. The van der Waals surface area contributed by atoms with Crippen LogP contribution in [0.5, 0.6) is 5.75 Å². The third-order valence-corrected chi connectivity index (χ3v) is 2.89. The number of rotatable bonds is 5. The van der Waals surface area contributed by atoms with Gasteiger partial charge in [-0.05, 0) is 42.3 Å². The highest BCUT2D eigenvalue weighted by atomic mass is 16.5. The van der Waals surface area contributed by atoms with Crippen molar-refractivity contribution in [1.82, 2.24) is 4.98 Å². The van der Waals surface area contributed by atoms with Crippen molar-refractivity contribution in [1.29, 1.82) is 0 Å². The molecule has 3 heteroatoms. The molecule has 0 radical (unpaired) electrons. The Bertz CT molecular complexity index is 497. The number of nitrogens with zero attached hydrogens (tertiary/aromatic N) is 1. The predicted molar refractivity (Wildman–Crippen MR) is 72.5 cm³/mol. The molecule has 0 aliphatic rings. The second-order valence-electron chi connectivity index (χ2n) is 4.21. The Labute approximate surface area is 108 Å². The Morgan fingerprint density at radius 2 is 2.11 bits per heavy atom. The molecule has 0 atom stereocenters. The summed E-state index contributed by atoms with van der Waals surface area (Å²) in [5.41, 5.74) is 9.01.